The van der Waals surface area contributed by atoms with E-state index in [0.29, 0.717) is 5.69 Å². The molecule has 2 rings (SSSR count). The highest BCUT2D eigenvalue weighted by molar-refractivity contribution is 5.92. The lowest BCUT2D eigenvalue weighted by atomic mass is 9.99. The summed E-state index contributed by atoms with van der Waals surface area (Å²) in [5.74, 6) is 1.45. The van der Waals surface area contributed by atoms with Gasteiger partial charge in [0.2, 0.25) is 0 Å². The molecule has 0 aliphatic carbocycles. The van der Waals surface area contributed by atoms with E-state index < -0.39 is 0 Å². The predicted octanol–water partition coefficient (Wildman–Crippen LogP) is 2.17. The van der Waals surface area contributed by atoms with E-state index in [1.165, 1.54) is 0 Å². The number of nitrogens with zero attached hydrogens (tertiary/aromatic N) is 3. The summed E-state index contributed by atoms with van der Waals surface area (Å²) in [6.07, 6.45) is 6.40. The highest BCUT2D eigenvalue weighted by Crippen LogP contribution is 2.17. The minimum Gasteiger partial charge on any atom is -0.369 e. The van der Waals surface area contributed by atoms with Gasteiger partial charge in [-0.25, -0.2) is 9.97 Å². The van der Waals surface area contributed by atoms with Crippen molar-refractivity contribution in [3.05, 3.63) is 18.1 Å². The van der Waals surface area contributed by atoms with Crippen molar-refractivity contribution in [3.8, 4) is 0 Å². The van der Waals surface area contributed by atoms with Crippen LogP contribution in [0.15, 0.2) is 12.4 Å². The van der Waals surface area contributed by atoms with E-state index >= 15 is 0 Å². The molecule has 19 heavy (non-hydrogen) atoms. The molecule has 2 heterocycles. The Morgan fingerprint density at radius 2 is 2.11 bits per heavy atom. The molecule has 5 heteroatoms. The Balaban J connectivity index is 1.95. The zero-order valence-electron chi connectivity index (χ0n) is 11.7. The number of likely N-dealkylation sites (tertiary alicyclic amines) is 1. The number of hydrogen-bond donors (Lipinski definition) is 1. The molecule has 1 saturated heterocycles. The van der Waals surface area contributed by atoms with E-state index in [9.17, 15) is 4.79 Å². The lowest BCUT2D eigenvalue weighted by molar-refractivity contribution is 0.0691. The Hall–Kier alpha value is -1.65. The van der Waals surface area contributed by atoms with Gasteiger partial charge in [-0.3, -0.25) is 4.79 Å². The SMILES string of the molecule is CCCNc1cnc(C(=O)N2CCC(C)CC2)cn1. The molecule has 0 saturated carbocycles. The quantitative estimate of drug-likeness (QED) is 0.903. The van der Waals surface area contributed by atoms with Gasteiger partial charge in [-0.15, -0.1) is 0 Å². The maximum Gasteiger partial charge on any atom is 0.274 e. The first-order valence-corrected chi connectivity index (χ1v) is 7.06. The molecule has 1 N–H and O–H groups in total. The molecule has 0 atom stereocenters. The summed E-state index contributed by atoms with van der Waals surface area (Å²) in [5, 5.41) is 3.15. The topological polar surface area (TPSA) is 58.1 Å². The standard InChI is InChI=1S/C14H22N4O/c1-3-6-15-13-10-16-12(9-17-13)14(19)18-7-4-11(2)5-8-18/h9-11H,3-8H2,1-2H3,(H,15,17). The van der Waals surface area contributed by atoms with Gasteiger partial charge >= 0.3 is 0 Å². The van der Waals surface area contributed by atoms with Gasteiger partial charge in [0.25, 0.3) is 5.91 Å². The highest BCUT2D eigenvalue weighted by Gasteiger charge is 2.22. The largest absolute Gasteiger partial charge is 0.369 e. The Morgan fingerprint density at radius 1 is 1.37 bits per heavy atom. The number of hydrogen-bond acceptors (Lipinski definition) is 4. The number of aromatic nitrogens is 2. The molecule has 104 valence electrons. The minimum atomic E-state index is 0.00133. The zero-order valence-corrected chi connectivity index (χ0v) is 11.7. The molecule has 1 aliphatic heterocycles. The Morgan fingerprint density at radius 3 is 2.68 bits per heavy atom. The zero-order chi connectivity index (χ0) is 13.7. The molecule has 0 unspecified atom stereocenters. The molecule has 1 aromatic rings. The second-order valence-electron chi connectivity index (χ2n) is 5.19. The Kier molecular flexibility index (Phi) is 4.71. The van der Waals surface area contributed by atoms with Crippen LogP contribution in [0.3, 0.4) is 0 Å². The van der Waals surface area contributed by atoms with Crippen LogP contribution >= 0.6 is 0 Å². The third-order valence-corrected chi connectivity index (χ3v) is 3.50. The Bertz CT molecular complexity index is 410. The number of nitrogens with one attached hydrogen (secondary N) is 1. The first kappa shape index (κ1) is 13.8. The summed E-state index contributed by atoms with van der Waals surface area (Å²) in [7, 11) is 0. The second-order valence-corrected chi connectivity index (χ2v) is 5.19. The summed E-state index contributed by atoms with van der Waals surface area (Å²) in [6.45, 7) is 6.85. The van der Waals surface area contributed by atoms with Gasteiger partial charge in [0.1, 0.15) is 11.5 Å². The predicted molar refractivity (Wildman–Crippen MR) is 75.1 cm³/mol. The maximum atomic E-state index is 12.2. The summed E-state index contributed by atoms with van der Waals surface area (Å²) < 4.78 is 0. The minimum absolute atomic E-state index is 0.00133. The summed E-state index contributed by atoms with van der Waals surface area (Å²) in [6, 6.07) is 0. The van der Waals surface area contributed by atoms with E-state index in [-0.39, 0.29) is 5.91 Å². The number of piperidine rings is 1. The van der Waals surface area contributed by atoms with Gasteiger partial charge in [-0.1, -0.05) is 13.8 Å². The lowest BCUT2D eigenvalue weighted by Gasteiger charge is -2.29. The summed E-state index contributed by atoms with van der Waals surface area (Å²) in [5.41, 5.74) is 0.441. The number of rotatable bonds is 4. The third kappa shape index (κ3) is 3.66. The van der Waals surface area contributed by atoms with E-state index in [0.717, 1.165) is 50.6 Å². The van der Waals surface area contributed by atoms with Crippen LogP contribution < -0.4 is 5.32 Å². The van der Waals surface area contributed by atoms with E-state index in [1.807, 2.05) is 4.90 Å². The van der Waals surface area contributed by atoms with Crippen LogP contribution in [0.4, 0.5) is 5.82 Å². The van der Waals surface area contributed by atoms with Crippen LogP contribution in [0.25, 0.3) is 0 Å². The first-order valence-electron chi connectivity index (χ1n) is 7.06. The fourth-order valence-electron chi connectivity index (χ4n) is 2.16. The van der Waals surface area contributed by atoms with E-state index in [1.54, 1.807) is 12.4 Å². The molecule has 0 aromatic carbocycles. The smallest absolute Gasteiger partial charge is 0.274 e. The van der Waals surface area contributed by atoms with Crippen LogP contribution in [-0.2, 0) is 0 Å². The van der Waals surface area contributed by atoms with Crippen LogP contribution in [0.1, 0.15) is 43.6 Å². The molecule has 5 nitrogen and oxygen atoms in total. The molecule has 0 spiro atoms. The molecular weight excluding hydrogens is 240 g/mol. The first-order chi connectivity index (χ1) is 9.20. The van der Waals surface area contributed by atoms with Crippen LogP contribution in [0.5, 0.6) is 0 Å². The normalized spacial score (nSPS) is 16.4. The molecule has 1 fully saturated rings. The van der Waals surface area contributed by atoms with Gasteiger partial charge in [-0.2, -0.15) is 0 Å². The molecule has 0 bridgehead atoms. The van der Waals surface area contributed by atoms with Gasteiger partial charge in [-0.05, 0) is 25.2 Å². The van der Waals surface area contributed by atoms with Crippen molar-refractivity contribution < 1.29 is 4.79 Å². The summed E-state index contributed by atoms with van der Waals surface area (Å²) >= 11 is 0. The molecule has 1 aliphatic rings. The van der Waals surface area contributed by atoms with Crippen LogP contribution in [0, 0.1) is 5.92 Å². The maximum absolute atomic E-state index is 12.2. The fourth-order valence-corrected chi connectivity index (χ4v) is 2.16. The van der Waals surface area contributed by atoms with Gasteiger partial charge < -0.3 is 10.2 Å². The van der Waals surface area contributed by atoms with Crippen molar-refractivity contribution in [1.29, 1.82) is 0 Å². The number of carbonyl (C=O) groups is 1. The second kappa shape index (κ2) is 6.50. The van der Waals surface area contributed by atoms with E-state index in [2.05, 4.69) is 29.1 Å². The monoisotopic (exact) mass is 262 g/mol. The summed E-state index contributed by atoms with van der Waals surface area (Å²) in [4.78, 5) is 22.5. The number of anilines is 1. The van der Waals surface area contributed by atoms with Crippen molar-refractivity contribution in [2.75, 3.05) is 25.0 Å². The number of carbonyl (C=O) groups excluding carboxylic acids is 1. The van der Waals surface area contributed by atoms with Crippen LogP contribution in [0.2, 0.25) is 0 Å². The Labute approximate surface area is 114 Å². The molecule has 0 radical (unpaired) electrons. The number of amides is 1. The van der Waals surface area contributed by atoms with Crippen molar-refractivity contribution in [2.45, 2.75) is 33.1 Å². The third-order valence-electron chi connectivity index (χ3n) is 3.50. The van der Waals surface area contributed by atoms with E-state index in [4.69, 9.17) is 0 Å². The molecule has 1 amide bonds. The average Bonchev–Trinajstić information content (AvgIpc) is 2.46. The van der Waals surface area contributed by atoms with Gasteiger partial charge in [0, 0.05) is 19.6 Å². The van der Waals surface area contributed by atoms with Gasteiger partial charge in [0.05, 0.1) is 12.4 Å². The molecular formula is C14H22N4O. The average molecular weight is 262 g/mol. The molecule has 1 aromatic heterocycles. The van der Waals surface area contributed by atoms with Gasteiger partial charge in [0.15, 0.2) is 0 Å². The van der Waals surface area contributed by atoms with Crippen molar-refractivity contribution in [2.24, 2.45) is 5.92 Å². The highest BCUT2D eigenvalue weighted by atomic mass is 16.2. The fraction of sp³-hybridized carbons (Fsp3) is 0.643. The van der Waals surface area contributed by atoms with Crippen LogP contribution in [-0.4, -0.2) is 40.4 Å². The lowest BCUT2D eigenvalue weighted by Crippen LogP contribution is -2.38. The van der Waals surface area contributed by atoms with Crippen molar-refractivity contribution in [3.63, 3.8) is 0 Å². The van der Waals surface area contributed by atoms with Crippen molar-refractivity contribution >= 4 is 11.7 Å². The van der Waals surface area contributed by atoms with Crippen molar-refractivity contribution in [1.82, 2.24) is 14.9 Å².